The molecular weight excluding hydrogens is 358 g/mol. The molecule has 2 N–H and O–H groups in total. The van der Waals surface area contributed by atoms with E-state index in [1.54, 1.807) is 4.90 Å². The van der Waals surface area contributed by atoms with Crippen LogP contribution in [0.2, 0.25) is 0 Å². The molecule has 0 aliphatic carbocycles. The summed E-state index contributed by atoms with van der Waals surface area (Å²) in [6.07, 6.45) is 0. The predicted molar refractivity (Wildman–Crippen MR) is 107 cm³/mol. The largest absolute Gasteiger partial charge is 0.438 e. The first-order valence-electron chi connectivity index (χ1n) is 8.39. The molecule has 0 fully saturated rings. The highest BCUT2D eigenvalue weighted by Gasteiger charge is 2.37. The molecule has 0 radical (unpaired) electrons. The Morgan fingerprint density at radius 3 is 2.52 bits per heavy atom. The molecule has 7 heteroatoms. The standard InChI is InChI=1S/C20H17N5OS/c1-11-4-8-14(9-5-11)26-19-15(10-21)18(22)25-16-12(2)6-7-13(3)17(16)27-20(25)24-23-19/h4-9,22-23H,1-3H3. The van der Waals surface area contributed by atoms with Crippen LogP contribution >= 0.6 is 11.8 Å². The lowest BCUT2D eigenvalue weighted by atomic mass is 10.1. The van der Waals surface area contributed by atoms with E-state index >= 15 is 0 Å². The van der Waals surface area contributed by atoms with Gasteiger partial charge in [-0.3, -0.25) is 10.3 Å². The fraction of sp³-hybridized carbons (Fsp3) is 0.150. The van der Waals surface area contributed by atoms with E-state index in [-0.39, 0.29) is 17.3 Å². The predicted octanol–water partition coefficient (Wildman–Crippen LogP) is 4.19. The van der Waals surface area contributed by atoms with Gasteiger partial charge in [-0.15, -0.1) is 5.10 Å². The molecule has 0 unspecified atom stereocenters. The van der Waals surface area contributed by atoms with E-state index < -0.39 is 0 Å². The summed E-state index contributed by atoms with van der Waals surface area (Å²) in [5, 5.41) is 23.4. The zero-order chi connectivity index (χ0) is 19.1. The summed E-state index contributed by atoms with van der Waals surface area (Å²) in [4.78, 5) is 2.76. The first-order valence-corrected chi connectivity index (χ1v) is 9.21. The summed E-state index contributed by atoms with van der Waals surface area (Å²) in [6, 6.07) is 13.6. The molecule has 27 heavy (non-hydrogen) atoms. The molecule has 2 heterocycles. The lowest BCUT2D eigenvalue weighted by Crippen LogP contribution is -2.32. The van der Waals surface area contributed by atoms with Crippen LogP contribution in [0.25, 0.3) is 0 Å². The maximum Gasteiger partial charge on any atom is 0.235 e. The van der Waals surface area contributed by atoms with Crippen LogP contribution < -0.4 is 15.1 Å². The van der Waals surface area contributed by atoms with Crippen molar-refractivity contribution in [3.8, 4) is 11.8 Å². The number of thioether (sulfide) groups is 1. The first-order chi connectivity index (χ1) is 13.0. The third-order valence-electron chi connectivity index (χ3n) is 4.43. The number of ether oxygens (including phenoxy) is 1. The normalized spacial score (nSPS) is 15.4. The van der Waals surface area contributed by atoms with Crippen LogP contribution in [0.15, 0.2) is 57.9 Å². The van der Waals surface area contributed by atoms with Crippen molar-refractivity contribution in [1.82, 2.24) is 5.43 Å². The van der Waals surface area contributed by atoms with Crippen molar-refractivity contribution >= 4 is 28.5 Å². The van der Waals surface area contributed by atoms with Crippen molar-refractivity contribution in [2.24, 2.45) is 5.10 Å². The van der Waals surface area contributed by atoms with E-state index in [1.165, 1.54) is 11.8 Å². The number of hydrogen-bond donors (Lipinski definition) is 2. The summed E-state index contributed by atoms with van der Waals surface area (Å²) in [6.45, 7) is 6.01. The molecule has 0 saturated carbocycles. The van der Waals surface area contributed by atoms with Crippen LogP contribution in [0.4, 0.5) is 5.69 Å². The highest BCUT2D eigenvalue weighted by atomic mass is 32.2. The number of nitrogens with zero attached hydrogens (tertiary/aromatic N) is 3. The number of hydrazone groups is 1. The Bertz CT molecular complexity index is 1060. The highest BCUT2D eigenvalue weighted by molar-refractivity contribution is 8.15. The van der Waals surface area contributed by atoms with Crippen molar-refractivity contribution in [2.75, 3.05) is 4.90 Å². The number of aryl methyl sites for hydroxylation is 3. The zero-order valence-electron chi connectivity index (χ0n) is 15.1. The number of nitrogens with one attached hydrogen (secondary N) is 2. The van der Waals surface area contributed by atoms with Crippen LogP contribution in [-0.2, 0) is 0 Å². The lowest BCUT2D eigenvalue weighted by molar-refractivity contribution is 0.383. The maximum absolute atomic E-state index is 9.72. The molecule has 0 amide bonds. The van der Waals surface area contributed by atoms with Gasteiger partial charge in [0.05, 0.1) is 5.69 Å². The molecule has 0 saturated heterocycles. The van der Waals surface area contributed by atoms with E-state index in [1.807, 2.05) is 51.1 Å². The minimum Gasteiger partial charge on any atom is -0.438 e. The monoisotopic (exact) mass is 375 g/mol. The van der Waals surface area contributed by atoms with Gasteiger partial charge in [-0.05, 0) is 55.8 Å². The molecule has 0 spiro atoms. The lowest BCUT2D eigenvalue weighted by Gasteiger charge is -2.19. The Morgan fingerprint density at radius 2 is 1.81 bits per heavy atom. The number of amidine groups is 2. The molecule has 6 nitrogen and oxygen atoms in total. The van der Waals surface area contributed by atoms with Crippen LogP contribution in [0.5, 0.6) is 5.75 Å². The van der Waals surface area contributed by atoms with Crippen LogP contribution in [0, 0.1) is 37.5 Å². The summed E-state index contributed by atoms with van der Waals surface area (Å²) < 4.78 is 5.83. The third-order valence-corrected chi connectivity index (χ3v) is 5.61. The number of benzene rings is 2. The molecule has 2 aromatic rings. The third kappa shape index (κ3) is 2.84. The Balaban J connectivity index is 1.78. The molecule has 4 rings (SSSR count). The van der Waals surface area contributed by atoms with Crippen molar-refractivity contribution in [2.45, 2.75) is 25.7 Å². The Hall–Kier alpha value is -3.24. The summed E-state index contributed by atoms with van der Waals surface area (Å²) in [5.41, 5.74) is 7.09. The molecule has 0 atom stereocenters. The second-order valence-corrected chi connectivity index (χ2v) is 7.38. The fourth-order valence-electron chi connectivity index (χ4n) is 2.97. The zero-order valence-corrected chi connectivity index (χ0v) is 15.9. The van der Waals surface area contributed by atoms with Gasteiger partial charge in [0, 0.05) is 4.90 Å². The van der Waals surface area contributed by atoms with Crippen molar-refractivity contribution in [1.29, 1.82) is 10.7 Å². The number of rotatable bonds is 2. The second kappa shape index (κ2) is 6.49. The molecule has 2 aliphatic heterocycles. The number of anilines is 1. The van der Waals surface area contributed by atoms with E-state index in [0.29, 0.717) is 10.9 Å². The quantitative estimate of drug-likeness (QED) is 0.822. The smallest absolute Gasteiger partial charge is 0.235 e. The summed E-state index contributed by atoms with van der Waals surface area (Å²) in [5.74, 6) is 0.773. The van der Waals surface area contributed by atoms with Gasteiger partial charge in [-0.2, -0.15) is 5.26 Å². The van der Waals surface area contributed by atoms with Crippen molar-refractivity contribution < 1.29 is 4.74 Å². The minimum atomic E-state index is 0.0447. The Labute approximate surface area is 161 Å². The van der Waals surface area contributed by atoms with E-state index in [0.717, 1.165) is 27.3 Å². The van der Waals surface area contributed by atoms with Gasteiger partial charge < -0.3 is 4.74 Å². The average molecular weight is 375 g/mol. The Morgan fingerprint density at radius 1 is 1.11 bits per heavy atom. The van der Waals surface area contributed by atoms with Gasteiger partial charge >= 0.3 is 0 Å². The molecule has 2 aromatic carbocycles. The van der Waals surface area contributed by atoms with Gasteiger partial charge in [-0.25, -0.2) is 5.43 Å². The van der Waals surface area contributed by atoms with Gasteiger partial charge in [0.2, 0.25) is 5.88 Å². The number of fused-ring (bicyclic) bond motifs is 3. The highest BCUT2D eigenvalue weighted by Crippen LogP contribution is 2.45. The summed E-state index contributed by atoms with van der Waals surface area (Å²) in [7, 11) is 0. The second-order valence-electron chi connectivity index (χ2n) is 6.40. The van der Waals surface area contributed by atoms with Crippen LogP contribution in [0.3, 0.4) is 0 Å². The van der Waals surface area contributed by atoms with Crippen molar-refractivity contribution in [3.63, 3.8) is 0 Å². The maximum atomic E-state index is 9.72. The Kier molecular flexibility index (Phi) is 4.13. The molecule has 0 bridgehead atoms. The van der Waals surface area contributed by atoms with Gasteiger partial charge in [0.15, 0.2) is 16.6 Å². The van der Waals surface area contributed by atoms with Gasteiger partial charge in [-0.1, -0.05) is 29.8 Å². The van der Waals surface area contributed by atoms with E-state index in [4.69, 9.17) is 10.1 Å². The van der Waals surface area contributed by atoms with Crippen LogP contribution in [0.1, 0.15) is 16.7 Å². The minimum absolute atomic E-state index is 0.0447. The van der Waals surface area contributed by atoms with Gasteiger partial charge in [0.25, 0.3) is 0 Å². The molecule has 2 aliphatic rings. The van der Waals surface area contributed by atoms with E-state index in [9.17, 15) is 5.26 Å². The van der Waals surface area contributed by atoms with Crippen molar-refractivity contribution in [3.05, 3.63) is 64.5 Å². The average Bonchev–Trinajstić information content (AvgIpc) is 3.00. The van der Waals surface area contributed by atoms with Crippen LogP contribution in [-0.4, -0.2) is 11.0 Å². The fourth-order valence-corrected chi connectivity index (χ4v) is 4.09. The first kappa shape index (κ1) is 17.2. The summed E-state index contributed by atoms with van der Waals surface area (Å²) >= 11 is 1.48. The van der Waals surface area contributed by atoms with E-state index in [2.05, 4.69) is 22.7 Å². The molecular formula is C20H17N5OS. The molecule has 0 aromatic heterocycles. The SMILES string of the molecule is Cc1ccc(OC2=C(C#N)C(=N)N3C(=NN2)Sc2c(C)ccc(C)c23)cc1. The molecule has 134 valence electrons. The topological polar surface area (TPSA) is 84.5 Å². The number of nitriles is 1. The van der Waals surface area contributed by atoms with Gasteiger partial charge in [0.1, 0.15) is 11.8 Å². The number of hydrogen-bond acceptors (Lipinski definition) is 6.